The maximum Gasteiger partial charge on any atom is 4.00 e. The van der Waals surface area contributed by atoms with Crippen molar-refractivity contribution in [3.8, 4) is 0 Å². The number of nitrogens with zero attached hydrogens (tertiary/aromatic N) is 3. The average Bonchev–Trinajstić information content (AvgIpc) is 2.72. The molecule has 110 valence electrons. The van der Waals surface area contributed by atoms with E-state index in [1.807, 2.05) is 0 Å². The Balaban J connectivity index is -0.0000000956. The normalized spacial score (nSPS) is 8.47. The zero-order valence-corrected chi connectivity index (χ0v) is 17.7. The summed E-state index contributed by atoms with van der Waals surface area (Å²) in [6.07, 6.45) is 0. The molecule has 0 aliphatic carbocycles. The Bertz CT molecular complexity index is 211. The van der Waals surface area contributed by atoms with Crippen LogP contribution in [0.25, 0.3) is 16.0 Å². The van der Waals surface area contributed by atoms with E-state index in [4.69, 9.17) is 0 Å². The summed E-state index contributed by atoms with van der Waals surface area (Å²) in [5, 5.41) is 10.5. The van der Waals surface area contributed by atoms with Crippen LogP contribution in [0.1, 0.15) is 26.3 Å². The molecule has 0 aromatic heterocycles. The van der Waals surface area contributed by atoms with Gasteiger partial charge in [-0.05, 0) is 0 Å². The van der Waals surface area contributed by atoms with Crippen LogP contribution >= 0.6 is 0 Å². The molecule has 19 heavy (non-hydrogen) atoms. The molecule has 0 bridgehead atoms. The number of rotatable bonds is 0. The maximum absolute atomic E-state index is 3.50. The van der Waals surface area contributed by atoms with Gasteiger partial charge in [0.05, 0.1) is 0 Å². The minimum absolute atomic E-state index is 0. The molecule has 0 atom stereocenters. The molecule has 0 N–H and O–H groups in total. The Morgan fingerprint density at radius 2 is 0.895 bits per heavy atom. The predicted octanol–water partition coefficient (Wildman–Crippen LogP) is 4.56. The zero-order chi connectivity index (χ0) is 15.0. The zero-order valence-electron chi connectivity index (χ0n) is 14.2. The summed E-state index contributed by atoms with van der Waals surface area (Å²) >= 11 is 0. The van der Waals surface area contributed by atoms with Crippen molar-refractivity contribution < 1.29 is 25.8 Å². The number of hydrogen-bond donors (Lipinski definition) is 0. The third-order valence-electron chi connectivity index (χ3n) is 1.53. The molecule has 1 aromatic rings. The molecule has 0 aliphatic heterocycles. The Hall–Kier alpha value is 0.100. The van der Waals surface area contributed by atoms with Crippen molar-refractivity contribution in [2.75, 3.05) is 42.3 Å². The summed E-state index contributed by atoms with van der Waals surface area (Å²) in [7, 11) is 10.5. The molecule has 1 rings (SSSR count). The fourth-order valence-corrected chi connectivity index (χ4v) is 0.874. The second-order valence-electron chi connectivity index (χ2n) is 4.77. The SMILES string of the molecule is CC(C)(C)[c-]1cccc1.C[N-]C.C[N-]C.C[N-]C.[Hf+4]. The van der Waals surface area contributed by atoms with Gasteiger partial charge in [-0.15, -0.1) is 0 Å². The van der Waals surface area contributed by atoms with Crippen LogP contribution in [0.15, 0.2) is 24.3 Å². The minimum atomic E-state index is 0. The van der Waals surface area contributed by atoms with Crippen LogP contribution in [-0.4, -0.2) is 42.3 Å². The van der Waals surface area contributed by atoms with E-state index in [1.54, 1.807) is 42.3 Å². The van der Waals surface area contributed by atoms with Crippen LogP contribution in [0.4, 0.5) is 0 Å². The van der Waals surface area contributed by atoms with Crippen molar-refractivity contribution in [2.24, 2.45) is 0 Å². The molecule has 1 aromatic carbocycles. The van der Waals surface area contributed by atoms with Gasteiger partial charge in [0.1, 0.15) is 0 Å². The molecule has 3 nitrogen and oxygen atoms in total. The summed E-state index contributed by atoms with van der Waals surface area (Å²) in [4.78, 5) is 0. The van der Waals surface area contributed by atoms with Crippen LogP contribution in [0, 0.1) is 0 Å². The maximum atomic E-state index is 3.50. The van der Waals surface area contributed by atoms with Gasteiger partial charge in [-0.3, -0.25) is 0 Å². The first-order valence-corrected chi connectivity index (χ1v) is 6.01. The van der Waals surface area contributed by atoms with Gasteiger partial charge in [0, 0.05) is 0 Å². The fourth-order valence-electron chi connectivity index (χ4n) is 0.874. The smallest absolute Gasteiger partial charge is 0.668 e. The fraction of sp³-hybridized carbons (Fsp3) is 0.667. The molecular weight excluding hydrogens is 401 g/mol. The molecule has 0 unspecified atom stereocenters. The van der Waals surface area contributed by atoms with Crippen molar-refractivity contribution in [3.63, 3.8) is 0 Å². The van der Waals surface area contributed by atoms with E-state index in [2.05, 4.69) is 61.0 Å². The minimum Gasteiger partial charge on any atom is -0.668 e. The van der Waals surface area contributed by atoms with Crippen molar-refractivity contribution in [3.05, 3.63) is 45.8 Å². The van der Waals surface area contributed by atoms with Gasteiger partial charge in [-0.2, -0.15) is 60.0 Å². The topological polar surface area (TPSA) is 42.3 Å². The Morgan fingerprint density at radius 3 is 1.00 bits per heavy atom. The molecule has 4 heteroatoms. The van der Waals surface area contributed by atoms with E-state index < -0.39 is 0 Å². The monoisotopic (exact) mass is 433 g/mol. The van der Waals surface area contributed by atoms with Crippen molar-refractivity contribution in [2.45, 2.75) is 26.2 Å². The standard InChI is InChI=1S/C9H13.3C2H6N.Hf/c1-9(2,3)8-6-4-5-7-8;3*1-3-2;/h4-7H,1-3H3;3*1-2H3;/q4*-1;+4. The molecule has 0 heterocycles. The predicted molar refractivity (Wildman–Crippen MR) is 86.4 cm³/mol. The van der Waals surface area contributed by atoms with E-state index in [1.165, 1.54) is 5.56 Å². The molecule has 0 fully saturated rings. The average molecular weight is 432 g/mol. The van der Waals surface area contributed by atoms with Gasteiger partial charge in [0.25, 0.3) is 0 Å². The van der Waals surface area contributed by atoms with Gasteiger partial charge < -0.3 is 16.0 Å². The first-order chi connectivity index (χ1) is 8.35. The molecule has 0 radical (unpaired) electrons. The van der Waals surface area contributed by atoms with Gasteiger partial charge in [-0.1, -0.05) is 26.2 Å². The van der Waals surface area contributed by atoms with Crippen LogP contribution in [0.2, 0.25) is 0 Å². The molecule has 0 aliphatic rings. The van der Waals surface area contributed by atoms with E-state index in [0.29, 0.717) is 5.41 Å². The van der Waals surface area contributed by atoms with Crippen molar-refractivity contribution in [1.82, 2.24) is 0 Å². The van der Waals surface area contributed by atoms with E-state index in [0.717, 1.165) is 0 Å². The van der Waals surface area contributed by atoms with Crippen LogP contribution in [0.5, 0.6) is 0 Å². The second kappa shape index (κ2) is 20.4. The van der Waals surface area contributed by atoms with Gasteiger partial charge in [-0.25, -0.2) is 12.1 Å². The first kappa shape index (κ1) is 27.4. The van der Waals surface area contributed by atoms with E-state index in [9.17, 15) is 0 Å². The summed E-state index contributed by atoms with van der Waals surface area (Å²) < 4.78 is 0. The summed E-state index contributed by atoms with van der Waals surface area (Å²) in [5.74, 6) is 0. The van der Waals surface area contributed by atoms with Crippen molar-refractivity contribution in [1.29, 1.82) is 0 Å². The molecule has 0 amide bonds. The van der Waals surface area contributed by atoms with Gasteiger partial charge in [0.15, 0.2) is 0 Å². The quantitative estimate of drug-likeness (QED) is 0.427. The Morgan fingerprint density at radius 1 is 0.684 bits per heavy atom. The Kier molecular flexibility index (Phi) is 29.5. The Labute approximate surface area is 140 Å². The van der Waals surface area contributed by atoms with E-state index >= 15 is 0 Å². The third kappa shape index (κ3) is 27.3. The van der Waals surface area contributed by atoms with Crippen molar-refractivity contribution >= 4 is 0 Å². The van der Waals surface area contributed by atoms with Crippen LogP contribution in [0.3, 0.4) is 0 Å². The molecule has 0 saturated heterocycles. The van der Waals surface area contributed by atoms with Crippen LogP contribution in [-0.2, 0) is 31.3 Å². The summed E-state index contributed by atoms with van der Waals surface area (Å²) in [5.41, 5.74) is 1.74. The summed E-state index contributed by atoms with van der Waals surface area (Å²) in [6.45, 7) is 6.67. The molecule has 0 saturated carbocycles. The third-order valence-corrected chi connectivity index (χ3v) is 1.53. The molecular formula is C15H31HfN3. The second-order valence-corrected chi connectivity index (χ2v) is 4.77. The number of hydrogen-bond acceptors (Lipinski definition) is 0. The van der Waals surface area contributed by atoms with Gasteiger partial charge >= 0.3 is 25.8 Å². The summed E-state index contributed by atoms with van der Waals surface area (Å²) in [6, 6.07) is 8.50. The first-order valence-electron chi connectivity index (χ1n) is 6.01. The van der Waals surface area contributed by atoms with Gasteiger partial charge in [0.2, 0.25) is 0 Å². The molecule has 0 spiro atoms. The largest absolute Gasteiger partial charge is 4.00 e. The van der Waals surface area contributed by atoms with Crippen LogP contribution < -0.4 is 0 Å². The van der Waals surface area contributed by atoms with E-state index in [-0.39, 0.29) is 25.8 Å².